The number of nitrogens with zero attached hydrogens (tertiary/aromatic N) is 2. The Morgan fingerprint density at radius 1 is 0.593 bits per heavy atom. The van der Waals surface area contributed by atoms with Gasteiger partial charge in [0.25, 0.3) is 30.4 Å². The lowest BCUT2D eigenvalue weighted by atomic mass is 9.93. The Bertz CT molecular complexity index is 2830. The first kappa shape index (κ1) is 37.7. The van der Waals surface area contributed by atoms with Crippen LogP contribution in [0.25, 0.3) is 23.3 Å². The minimum Gasteiger partial charge on any atom is -0.399 e. The second kappa shape index (κ2) is 13.4. The highest BCUT2D eigenvalue weighted by Crippen LogP contribution is 2.33. The predicted molar refractivity (Wildman–Crippen MR) is 203 cm³/mol. The van der Waals surface area contributed by atoms with Gasteiger partial charge in [-0.2, -0.15) is 35.5 Å². The van der Waals surface area contributed by atoms with Crippen LogP contribution >= 0.6 is 0 Å². The van der Waals surface area contributed by atoms with E-state index in [2.05, 4.69) is 21.1 Å². The van der Waals surface area contributed by atoms with Gasteiger partial charge in [0.1, 0.15) is 9.81 Å². The summed E-state index contributed by atoms with van der Waals surface area (Å²) in [7, 11) is -14.7. The van der Waals surface area contributed by atoms with Gasteiger partial charge in [-0.1, -0.05) is 18.2 Å². The minimum atomic E-state index is -5.07. The quantitative estimate of drug-likeness (QED) is 0.0748. The van der Waals surface area contributed by atoms with E-state index in [1.54, 1.807) is 50.2 Å². The number of allylic oxidation sites excluding steroid dienone is 2. The molecule has 0 heterocycles. The maximum Gasteiger partial charge on any atom is 0.296 e. The summed E-state index contributed by atoms with van der Waals surface area (Å²) >= 11 is 0. The number of carbonyl (C=O) groups is 2. The first-order chi connectivity index (χ1) is 25.1. The van der Waals surface area contributed by atoms with Crippen LogP contribution in [0.1, 0.15) is 43.0 Å². The summed E-state index contributed by atoms with van der Waals surface area (Å²) in [5.74, 6) is -1.80. The van der Waals surface area contributed by atoms with Crippen molar-refractivity contribution < 1.29 is 48.5 Å². The Morgan fingerprint density at radius 2 is 1.09 bits per heavy atom. The Kier molecular flexibility index (Phi) is 9.38. The van der Waals surface area contributed by atoms with Crippen molar-refractivity contribution in [1.82, 2.24) is 0 Å². The summed E-state index contributed by atoms with van der Waals surface area (Å²) in [6, 6.07) is 16.2. The lowest BCUT2D eigenvalue weighted by Gasteiger charge is -2.19. The van der Waals surface area contributed by atoms with Crippen LogP contribution in [-0.4, -0.2) is 61.9 Å². The topological polar surface area (TPSA) is 298 Å². The monoisotopic (exact) mass is 792 g/mol. The van der Waals surface area contributed by atoms with Crippen molar-refractivity contribution in [3.05, 3.63) is 110 Å². The van der Waals surface area contributed by atoms with Crippen LogP contribution < -0.4 is 22.3 Å². The highest BCUT2D eigenvalue weighted by atomic mass is 32.2. The molecule has 20 heteroatoms. The van der Waals surface area contributed by atoms with Crippen LogP contribution in [0, 0.1) is 13.8 Å². The fourth-order valence-corrected chi connectivity index (χ4v) is 7.61. The van der Waals surface area contributed by atoms with E-state index in [0.717, 1.165) is 29.8 Å². The Hall–Kier alpha value is -6.03. The van der Waals surface area contributed by atoms with Crippen molar-refractivity contribution in [2.75, 3.05) is 22.3 Å². The molecule has 278 valence electrons. The van der Waals surface area contributed by atoms with Gasteiger partial charge < -0.3 is 11.5 Å². The van der Waals surface area contributed by atoms with Crippen molar-refractivity contribution in [3.8, 4) is 11.1 Å². The van der Waals surface area contributed by atoms with E-state index in [-0.39, 0.29) is 33.6 Å². The number of nitrogens with two attached hydrogens (primary N) is 2. The van der Waals surface area contributed by atoms with E-state index in [4.69, 9.17) is 11.5 Å². The zero-order valence-electron chi connectivity index (χ0n) is 27.9. The lowest BCUT2D eigenvalue weighted by molar-refractivity contribution is 0.105. The molecular weight excluding hydrogens is 765 g/mol. The molecule has 0 spiro atoms. The molecule has 0 radical (unpaired) electrons. The number of aryl methyl sites for hydroxylation is 2. The fourth-order valence-electron chi connectivity index (χ4n) is 5.74. The maximum atomic E-state index is 13.4. The molecule has 0 aromatic heterocycles. The third kappa shape index (κ3) is 7.28. The average Bonchev–Trinajstić information content (AvgIpc) is 3.07. The van der Waals surface area contributed by atoms with Gasteiger partial charge in [-0.3, -0.25) is 34.1 Å². The molecule has 0 saturated heterocycles. The summed E-state index contributed by atoms with van der Waals surface area (Å²) in [5.41, 5.74) is 18.9. The van der Waals surface area contributed by atoms with Crippen LogP contribution in [0.4, 0.5) is 22.7 Å². The Morgan fingerprint density at radius 3 is 1.57 bits per heavy atom. The second-order valence-electron chi connectivity index (χ2n) is 12.1. The number of carbonyl (C=O) groups excluding carboxylic acids is 2. The standard InChI is InChI=1S/C34H28N6O11S3/c1-16-9-18(4-7-26(16)37-39-31-28(53(46,47)48)12-20-3-6-22(35)14-24(20)33(31)41)19-5-8-27(17(2)10-19)38-40-32-29(54(49,50)51)13-21-11-23(52(43,44)45)15-25(36)30(21)34(32)42/h3-15,37-38H,35-36H2,1-2H3,(H,43,44,45)(H,46,47,48)(H,49,50,51)/b39-31-,40-32+. The normalized spacial score (nSPS) is 16.1. The second-order valence-corrected chi connectivity index (χ2v) is 16.3. The number of rotatable bonds is 8. The minimum absolute atomic E-state index is 0.113. The summed E-state index contributed by atoms with van der Waals surface area (Å²) < 4.78 is 101. The number of hydrogen-bond donors (Lipinski definition) is 7. The van der Waals surface area contributed by atoms with Gasteiger partial charge in [0.05, 0.1) is 21.8 Å². The van der Waals surface area contributed by atoms with Crippen LogP contribution in [0.5, 0.6) is 0 Å². The molecule has 4 aromatic rings. The average molecular weight is 793 g/mol. The van der Waals surface area contributed by atoms with Gasteiger partial charge in [0.15, 0.2) is 11.4 Å². The van der Waals surface area contributed by atoms with Gasteiger partial charge in [-0.05, 0) is 108 Å². The molecule has 4 aromatic carbocycles. The first-order valence-corrected chi connectivity index (χ1v) is 19.6. The zero-order valence-corrected chi connectivity index (χ0v) is 30.3. The highest BCUT2D eigenvalue weighted by Gasteiger charge is 2.36. The number of nitrogens with one attached hydrogen (secondary N) is 2. The molecule has 0 unspecified atom stereocenters. The third-order valence-corrected chi connectivity index (χ3v) is 11.0. The third-order valence-electron chi connectivity index (χ3n) is 8.41. The Labute approximate surface area is 308 Å². The molecule has 0 bridgehead atoms. The van der Waals surface area contributed by atoms with E-state index in [9.17, 15) is 48.5 Å². The lowest BCUT2D eigenvalue weighted by Crippen LogP contribution is -2.28. The van der Waals surface area contributed by atoms with Crippen molar-refractivity contribution in [2.24, 2.45) is 10.2 Å². The molecule has 54 heavy (non-hydrogen) atoms. The number of benzene rings is 4. The number of Topliss-reactive ketones (excluding diaryl/α,β-unsaturated/α-hetero) is 2. The van der Waals surface area contributed by atoms with Crippen LogP contribution in [0.3, 0.4) is 0 Å². The van der Waals surface area contributed by atoms with E-state index >= 15 is 0 Å². The first-order valence-electron chi connectivity index (χ1n) is 15.3. The van der Waals surface area contributed by atoms with Crippen molar-refractivity contribution >= 4 is 88.2 Å². The molecule has 2 aliphatic rings. The predicted octanol–water partition coefficient (Wildman–Crippen LogP) is 4.17. The largest absolute Gasteiger partial charge is 0.399 e. The summed E-state index contributed by atoms with van der Waals surface area (Å²) in [5, 5.41) is 8.00. The zero-order chi connectivity index (χ0) is 39.5. The molecule has 2 aliphatic carbocycles. The van der Waals surface area contributed by atoms with E-state index in [1.165, 1.54) is 18.2 Å². The molecule has 0 atom stereocenters. The molecule has 6 rings (SSSR count). The van der Waals surface area contributed by atoms with E-state index in [0.29, 0.717) is 28.1 Å². The molecular formula is C34H28N6O11S3. The van der Waals surface area contributed by atoms with Crippen LogP contribution in [0.2, 0.25) is 0 Å². The molecule has 17 nitrogen and oxygen atoms in total. The van der Waals surface area contributed by atoms with Gasteiger partial charge in [0.2, 0.25) is 11.6 Å². The molecule has 0 amide bonds. The van der Waals surface area contributed by atoms with Crippen molar-refractivity contribution in [1.29, 1.82) is 0 Å². The van der Waals surface area contributed by atoms with Gasteiger partial charge in [-0.25, -0.2) is 0 Å². The number of fused-ring (bicyclic) bond motifs is 2. The maximum absolute atomic E-state index is 13.4. The molecule has 0 saturated carbocycles. The van der Waals surface area contributed by atoms with Crippen molar-refractivity contribution in [2.45, 2.75) is 18.7 Å². The van der Waals surface area contributed by atoms with Crippen LogP contribution in [-0.2, 0) is 30.4 Å². The fraction of sp³-hybridized carbons (Fsp3) is 0.0588. The van der Waals surface area contributed by atoms with E-state index in [1.807, 2.05) is 0 Å². The van der Waals surface area contributed by atoms with Gasteiger partial charge >= 0.3 is 0 Å². The van der Waals surface area contributed by atoms with Crippen molar-refractivity contribution in [3.63, 3.8) is 0 Å². The summed E-state index contributed by atoms with van der Waals surface area (Å²) in [6.45, 7) is 3.43. The molecule has 0 aliphatic heterocycles. The molecule has 9 N–H and O–H groups in total. The van der Waals surface area contributed by atoms with Gasteiger partial charge in [-0.15, -0.1) is 0 Å². The Balaban J connectivity index is 1.26. The number of ketones is 2. The smallest absolute Gasteiger partial charge is 0.296 e. The van der Waals surface area contributed by atoms with Crippen LogP contribution in [0.15, 0.2) is 91.6 Å². The highest BCUT2D eigenvalue weighted by molar-refractivity contribution is 7.91. The number of hydrazone groups is 2. The summed E-state index contributed by atoms with van der Waals surface area (Å²) in [4.78, 5) is 24.3. The number of hydrogen-bond acceptors (Lipinski definition) is 14. The van der Waals surface area contributed by atoms with Gasteiger partial charge in [0, 0.05) is 16.9 Å². The number of nitrogen functional groups attached to an aromatic ring is 2. The number of anilines is 4. The summed E-state index contributed by atoms with van der Waals surface area (Å²) in [6.07, 6.45) is 1.94. The van der Waals surface area contributed by atoms with E-state index < -0.39 is 68.0 Å². The molecule has 0 fully saturated rings. The SMILES string of the molecule is Cc1cc(-c2ccc(N/N=C3\C(=O)c4cc(N)ccc4C=C3S(=O)(=O)O)c(C)c2)ccc1N/N=C1/C(=O)c2c(N)cc(S(=O)(=O)O)cc2C=C1S(=O)(=O)O.